The molecule has 0 bridgehead atoms. The Morgan fingerprint density at radius 3 is 2.76 bits per heavy atom. The van der Waals surface area contributed by atoms with Crippen molar-refractivity contribution in [1.29, 1.82) is 0 Å². The highest BCUT2D eigenvalue weighted by atomic mass is 16.1. The molecule has 2 heterocycles. The molecule has 0 saturated heterocycles. The van der Waals surface area contributed by atoms with E-state index < -0.39 is 0 Å². The van der Waals surface area contributed by atoms with E-state index in [0.29, 0.717) is 18.5 Å². The number of pyridine rings is 1. The highest BCUT2D eigenvalue weighted by Crippen LogP contribution is 2.19. The standard InChI is InChI=1S/C15H23N5O/c1-10(2)20-14-11(8-18-20)7-12(9-17-14)19-13(21)5-6-15(3,4)16/h7-10H,5-6,16H2,1-4H3,(H,19,21). The summed E-state index contributed by atoms with van der Waals surface area (Å²) in [6.45, 7) is 7.93. The number of nitrogens with two attached hydrogens (primary N) is 1. The SMILES string of the molecule is CC(C)n1ncc2cc(NC(=O)CCC(C)(C)N)cnc21. The van der Waals surface area contributed by atoms with Crippen LogP contribution in [0, 0.1) is 0 Å². The molecule has 0 aliphatic rings. The third-order valence-corrected chi connectivity index (χ3v) is 3.20. The van der Waals surface area contributed by atoms with Gasteiger partial charge in [0.15, 0.2) is 5.65 Å². The monoisotopic (exact) mass is 289 g/mol. The highest BCUT2D eigenvalue weighted by molar-refractivity contribution is 5.92. The maximum absolute atomic E-state index is 11.9. The van der Waals surface area contributed by atoms with Crippen LogP contribution >= 0.6 is 0 Å². The van der Waals surface area contributed by atoms with Crippen LogP contribution in [0.5, 0.6) is 0 Å². The van der Waals surface area contributed by atoms with E-state index in [1.807, 2.05) is 24.6 Å². The number of hydrogen-bond donors (Lipinski definition) is 2. The second-order valence-corrected chi connectivity index (χ2v) is 6.36. The maximum atomic E-state index is 11.9. The number of hydrogen-bond acceptors (Lipinski definition) is 4. The molecule has 21 heavy (non-hydrogen) atoms. The zero-order chi connectivity index (χ0) is 15.6. The summed E-state index contributed by atoms with van der Waals surface area (Å²) in [6.07, 6.45) is 4.46. The summed E-state index contributed by atoms with van der Waals surface area (Å²) in [4.78, 5) is 16.3. The Labute approximate surface area is 124 Å². The summed E-state index contributed by atoms with van der Waals surface area (Å²) in [5, 5.41) is 8.08. The van der Waals surface area contributed by atoms with Crippen molar-refractivity contribution in [3.05, 3.63) is 18.5 Å². The van der Waals surface area contributed by atoms with Crippen molar-refractivity contribution in [3.63, 3.8) is 0 Å². The van der Waals surface area contributed by atoms with Crippen LogP contribution in [-0.4, -0.2) is 26.2 Å². The Balaban J connectivity index is 2.08. The first-order valence-electron chi connectivity index (χ1n) is 7.18. The lowest BCUT2D eigenvalue weighted by molar-refractivity contribution is -0.116. The van der Waals surface area contributed by atoms with Gasteiger partial charge in [-0.2, -0.15) is 5.10 Å². The number of amides is 1. The number of nitrogens with one attached hydrogen (secondary N) is 1. The van der Waals surface area contributed by atoms with E-state index in [1.165, 1.54) is 0 Å². The van der Waals surface area contributed by atoms with Crippen LogP contribution in [0.1, 0.15) is 46.6 Å². The fourth-order valence-electron chi connectivity index (χ4n) is 2.05. The van der Waals surface area contributed by atoms with Gasteiger partial charge < -0.3 is 11.1 Å². The molecule has 0 atom stereocenters. The minimum atomic E-state index is -0.335. The Hall–Kier alpha value is -1.95. The average molecular weight is 289 g/mol. The smallest absolute Gasteiger partial charge is 0.224 e. The van der Waals surface area contributed by atoms with Crippen LogP contribution in [0.3, 0.4) is 0 Å². The minimum absolute atomic E-state index is 0.0501. The van der Waals surface area contributed by atoms with Crippen molar-refractivity contribution < 1.29 is 4.79 Å². The number of nitrogens with zero attached hydrogens (tertiary/aromatic N) is 3. The second kappa shape index (κ2) is 5.81. The molecular weight excluding hydrogens is 266 g/mol. The summed E-state index contributed by atoms with van der Waals surface area (Å²) < 4.78 is 1.86. The lowest BCUT2D eigenvalue weighted by Gasteiger charge is -2.17. The highest BCUT2D eigenvalue weighted by Gasteiger charge is 2.14. The Kier molecular flexibility index (Phi) is 4.27. The number of aromatic nitrogens is 3. The molecule has 0 radical (unpaired) electrons. The Morgan fingerprint density at radius 1 is 1.43 bits per heavy atom. The zero-order valence-corrected chi connectivity index (χ0v) is 13.1. The molecule has 6 nitrogen and oxygen atoms in total. The summed E-state index contributed by atoms with van der Waals surface area (Å²) in [7, 11) is 0. The molecule has 3 N–H and O–H groups in total. The van der Waals surface area contributed by atoms with Crippen LogP contribution in [0.25, 0.3) is 11.0 Å². The number of anilines is 1. The Morgan fingerprint density at radius 2 is 2.14 bits per heavy atom. The van der Waals surface area contributed by atoms with Gasteiger partial charge >= 0.3 is 0 Å². The van der Waals surface area contributed by atoms with Gasteiger partial charge in [0.1, 0.15) is 0 Å². The van der Waals surface area contributed by atoms with Crippen LogP contribution in [0.15, 0.2) is 18.5 Å². The third kappa shape index (κ3) is 4.01. The van der Waals surface area contributed by atoms with Crippen molar-refractivity contribution in [1.82, 2.24) is 14.8 Å². The number of fused-ring (bicyclic) bond motifs is 1. The van der Waals surface area contributed by atoms with Crippen LogP contribution in [0.4, 0.5) is 5.69 Å². The lowest BCUT2D eigenvalue weighted by atomic mass is 10.00. The largest absolute Gasteiger partial charge is 0.326 e. The van der Waals surface area contributed by atoms with Crippen LogP contribution < -0.4 is 11.1 Å². The molecule has 2 rings (SSSR count). The van der Waals surface area contributed by atoms with Crippen LogP contribution in [-0.2, 0) is 4.79 Å². The van der Waals surface area contributed by atoms with Gasteiger partial charge in [0.2, 0.25) is 5.91 Å². The third-order valence-electron chi connectivity index (χ3n) is 3.20. The molecule has 114 valence electrons. The molecule has 1 amide bonds. The molecule has 6 heteroatoms. The van der Waals surface area contributed by atoms with E-state index in [4.69, 9.17) is 5.73 Å². The van der Waals surface area contributed by atoms with E-state index in [1.54, 1.807) is 12.4 Å². The van der Waals surface area contributed by atoms with Gasteiger partial charge in [-0.15, -0.1) is 0 Å². The summed E-state index contributed by atoms with van der Waals surface area (Å²) in [6, 6.07) is 2.14. The van der Waals surface area contributed by atoms with E-state index >= 15 is 0 Å². The molecular formula is C15H23N5O. The molecule has 0 fully saturated rings. The van der Waals surface area contributed by atoms with E-state index in [0.717, 1.165) is 11.0 Å². The van der Waals surface area contributed by atoms with E-state index in [-0.39, 0.29) is 17.5 Å². The van der Waals surface area contributed by atoms with Gasteiger partial charge in [0.05, 0.1) is 18.1 Å². The quantitative estimate of drug-likeness (QED) is 0.885. The van der Waals surface area contributed by atoms with Gasteiger partial charge in [0, 0.05) is 23.4 Å². The second-order valence-electron chi connectivity index (χ2n) is 6.36. The normalized spacial score (nSPS) is 12.1. The number of carbonyl (C=O) groups is 1. The predicted molar refractivity (Wildman–Crippen MR) is 84.0 cm³/mol. The predicted octanol–water partition coefficient (Wildman–Crippen LogP) is 2.47. The van der Waals surface area contributed by atoms with Gasteiger partial charge in [-0.05, 0) is 40.2 Å². The molecule has 0 aromatic carbocycles. The fraction of sp³-hybridized carbons (Fsp3) is 0.533. The van der Waals surface area contributed by atoms with Crippen LogP contribution in [0.2, 0.25) is 0 Å². The maximum Gasteiger partial charge on any atom is 0.224 e. The first kappa shape index (κ1) is 15.4. The molecule has 0 aliphatic carbocycles. The lowest BCUT2D eigenvalue weighted by Crippen LogP contribution is -2.33. The van der Waals surface area contributed by atoms with Gasteiger partial charge in [-0.3, -0.25) is 4.79 Å². The van der Waals surface area contributed by atoms with Crippen molar-refractivity contribution in [2.75, 3.05) is 5.32 Å². The van der Waals surface area contributed by atoms with Crippen molar-refractivity contribution in [2.24, 2.45) is 5.73 Å². The Bertz CT molecular complexity index is 639. The first-order chi connectivity index (χ1) is 9.76. The van der Waals surface area contributed by atoms with Gasteiger partial charge in [-0.25, -0.2) is 9.67 Å². The molecule has 0 spiro atoms. The van der Waals surface area contributed by atoms with Crippen molar-refractivity contribution in [2.45, 2.75) is 52.1 Å². The fourth-order valence-corrected chi connectivity index (χ4v) is 2.05. The average Bonchev–Trinajstić information content (AvgIpc) is 2.78. The van der Waals surface area contributed by atoms with Crippen molar-refractivity contribution >= 4 is 22.6 Å². The van der Waals surface area contributed by atoms with E-state index in [2.05, 4.69) is 29.2 Å². The number of carbonyl (C=O) groups excluding carboxylic acids is 1. The molecule has 0 saturated carbocycles. The summed E-state index contributed by atoms with van der Waals surface area (Å²) in [5.41, 5.74) is 7.05. The summed E-state index contributed by atoms with van der Waals surface area (Å²) >= 11 is 0. The van der Waals surface area contributed by atoms with Gasteiger partial charge in [0.25, 0.3) is 0 Å². The molecule has 0 unspecified atom stereocenters. The molecule has 0 aliphatic heterocycles. The zero-order valence-electron chi connectivity index (χ0n) is 13.1. The van der Waals surface area contributed by atoms with Gasteiger partial charge in [-0.1, -0.05) is 0 Å². The van der Waals surface area contributed by atoms with E-state index in [9.17, 15) is 4.79 Å². The first-order valence-corrected chi connectivity index (χ1v) is 7.18. The number of rotatable bonds is 5. The summed E-state index contributed by atoms with van der Waals surface area (Å²) in [5.74, 6) is -0.0501. The topological polar surface area (TPSA) is 85.8 Å². The minimum Gasteiger partial charge on any atom is -0.326 e. The molecule has 2 aromatic heterocycles. The van der Waals surface area contributed by atoms with Crippen molar-refractivity contribution in [3.8, 4) is 0 Å². The molecule has 2 aromatic rings.